The van der Waals surface area contributed by atoms with Gasteiger partial charge in [-0.1, -0.05) is 18.2 Å². The van der Waals surface area contributed by atoms with Crippen LogP contribution in [0.5, 0.6) is 0 Å². The first-order valence-electron chi connectivity index (χ1n) is 6.74. The van der Waals surface area contributed by atoms with Crippen molar-refractivity contribution in [3.63, 3.8) is 0 Å². The van der Waals surface area contributed by atoms with E-state index in [1.165, 1.54) is 21.6 Å². The maximum Gasteiger partial charge on any atom is 0.0798 e. The Labute approximate surface area is 118 Å². The van der Waals surface area contributed by atoms with Crippen LogP contribution in [0.4, 0.5) is 0 Å². The summed E-state index contributed by atoms with van der Waals surface area (Å²) in [6.07, 6.45) is 1.16. The number of nitrogens with one attached hydrogen (secondary N) is 2. The van der Waals surface area contributed by atoms with Crippen LogP contribution in [-0.4, -0.2) is 11.5 Å². The van der Waals surface area contributed by atoms with E-state index in [4.69, 9.17) is 0 Å². The third-order valence-electron chi connectivity index (χ3n) is 3.62. The van der Waals surface area contributed by atoms with Crippen LogP contribution in [-0.2, 0) is 26.1 Å². The zero-order valence-electron chi connectivity index (χ0n) is 11.2. The standard InChI is InChI=1S/C15H19N3S/c1-11-15(19-10-18-11)9-17-7-12-2-3-13-4-5-16-8-14(13)6-12/h2-3,6,10,16-17H,4-5,7-9H2,1H3. The summed E-state index contributed by atoms with van der Waals surface area (Å²) in [5.74, 6) is 0. The maximum atomic E-state index is 4.27. The Morgan fingerprint density at radius 3 is 3.11 bits per heavy atom. The van der Waals surface area contributed by atoms with Gasteiger partial charge >= 0.3 is 0 Å². The van der Waals surface area contributed by atoms with Crippen LogP contribution in [0.25, 0.3) is 0 Å². The van der Waals surface area contributed by atoms with E-state index >= 15 is 0 Å². The largest absolute Gasteiger partial charge is 0.312 e. The van der Waals surface area contributed by atoms with Crippen LogP contribution >= 0.6 is 11.3 Å². The Bertz CT molecular complexity index is 562. The number of nitrogens with zero attached hydrogens (tertiary/aromatic N) is 1. The lowest BCUT2D eigenvalue weighted by atomic mass is 9.98. The molecule has 1 aromatic carbocycles. The minimum atomic E-state index is 0.909. The molecule has 2 aromatic rings. The highest BCUT2D eigenvalue weighted by Gasteiger charge is 2.08. The molecular formula is C15H19N3S. The summed E-state index contributed by atoms with van der Waals surface area (Å²) in [5, 5.41) is 6.93. The molecule has 19 heavy (non-hydrogen) atoms. The van der Waals surface area contributed by atoms with Crippen LogP contribution in [0.2, 0.25) is 0 Å². The van der Waals surface area contributed by atoms with Gasteiger partial charge in [-0.25, -0.2) is 4.98 Å². The summed E-state index contributed by atoms with van der Waals surface area (Å²) in [6.45, 7) is 6.01. The molecule has 1 aliphatic rings. The fraction of sp³-hybridized carbons (Fsp3) is 0.400. The average Bonchev–Trinajstić information content (AvgIpc) is 2.84. The van der Waals surface area contributed by atoms with Gasteiger partial charge < -0.3 is 10.6 Å². The number of hydrogen-bond acceptors (Lipinski definition) is 4. The number of fused-ring (bicyclic) bond motifs is 1. The number of thiazole rings is 1. The summed E-state index contributed by atoms with van der Waals surface area (Å²) in [7, 11) is 0. The van der Waals surface area contributed by atoms with Crippen molar-refractivity contribution in [2.75, 3.05) is 6.54 Å². The topological polar surface area (TPSA) is 37.0 Å². The lowest BCUT2D eigenvalue weighted by Gasteiger charge is -2.18. The number of rotatable bonds is 4. The Morgan fingerprint density at radius 1 is 1.32 bits per heavy atom. The molecule has 0 amide bonds. The SMILES string of the molecule is Cc1ncsc1CNCc1ccc2c(c1)CNCC2. The third kappa shape index (κ3) is 3.03. The number of aromatic nitrogens is 1. The first kappa shape index (κ1) is 12.8. The van der Waals surface area contributed by atoms with Gasteiger partial charge in [-0.2, -0.15) is 0 Å². The molecule has 0 saturated carbocycles. The van der Waals surface area contributed by atoms with Crippen LogP contribution < -0.4 is 10.6 Å². The third-order valence-corrected chi connectivity index (χ3v) is 4.55. The zero-order valence-corrected chi connectivity index (χ0v) is 12.0. The summed E-state index contributed by atoms with van der Waals surface area (Å²) < 4.78 is 0. The van der Waals surface area contributed by atoms with Gasteiger partial charge in [0.2, 0.25) is 0 Å². The lowest BCUT2D eigenvalue weighted by Crippen LogP contribution is -2.24. The minimum Gasteiger partial charge on any atom is -0.312 e. The molecule has 1 aliphatic heterocycles. The maximum absolute atomic E-state index is 4.27. The van der Waals surface area contributed by atoms with Gasteiger partial charge in [0, 0.05) is 24.5 Å². The smallest absolute Gasteiger partial charge is 0.0798 e. The predicted octanol–water partition coefficient (Wildman–Crippen LogP) is 2.39. The zero-order chi connectivity index (χ0) is 13.1. The fourth-order valence-corrected chi connectivity index (χ4v) is 3.21. The van der Waals surface area contributed by atoms with Crippen molar-refractivity contribution in [2.24, 2.45) is 0 Å². The van der Waals surface area contributed by atoms with Crippen LogP contribution in [0, 0.1) is 6.92 Å². The highest BCUT2D eigenvalue weighted by atomic mass is 32.1. The van der Waals surface area contributed by atoms with Crippen molar-refractivity contribution in [3.8, 4) is 0 Å². The molecular weight excluding hydrogens is 254 g/mol. The van der Waals surface area contributed by atoms with E-state index in [2.05, 4.69) is 40.7 Å². The van der Waals surface area contributed by atoms with Crippen molar-refractivity contribution in [1.29, 1.82) is 0 Å². The van der Waals surface area contributed by atoms with Crippen molar-refractivity contribution < 1.29 is 0 Å². The molecule has 0 aliphatic carbocycles. The molecule has 0 atom stereocenters. The molecule has 4 heteroatoms. The Hall–Kier alpha value is -1.23. The van der Waals surface area contributed by atoms with Crippen LogP contribution in [0.15, 0.2) is 23.7 Å². The quantitative estimate of drug-likeness (QED) is 0.898. The fourth-order valence-electron chi connectivity index (χ4n) is 2.46. The van der Waals surface area contributed by atoms with E-state index in [-0.39, 0.29) is 0 Å². The van der Waals surface area contributed by atoms with Crippen LogP contribution in [0.1, 0.15) is 27.3 Å². The van der Waals surface area contributed by atoms with Gasteiger partial charge in [-0.05, 0) is 36.6 Å². The lowest BCUT2D eigenvalue weighted by molar-refractivity contribution is 0.639. The number of aryl methyl sites for hydroxylation is 1. The Kier molecular flexibility index (Phi) is 3.92. The normalized spacial score (nSPS) is 14.4. The Morgan fingerprint density at radius 2 is 2.26 bits per heavy atom. The second-order valence-corrected chi connectivity index (χ2v) is 5.93. The average molecular weight is 273 g/mol. The van der Waals surface area contributed by atoms with Gasteiger partial charge in [-0.3, -0.25) is 0 Å². The molecule has 0 fully saturated rings. The van der Waals surface area contributed by atoms with Gasteiger partial charge in [0.05, 0.1) is 11.2 Å². The van der Waals surface area contributed by atoms with Gasteiger partial charge in [0.15, 0.2) is 0 Å². The van der Waals surface area contributed by atoms with Gasteiger partial charge in [-0.15, -0.1) is 11.3 Å². The van der Waals surface area contributed by atoms with Crippen molar-refractivity contribution in [2.45, 2.75) is 33.0 Å². The second-order valence-electron chi connectivity index (χ2n) is 4.99. The van der Waals surface area contributed by atoms with Gasteiger partial charge in [0.25, 0.3) is 0 Å². The van der Waals surface area contributed by atoms with E-state index in [9.17, 15) is 0 Å². The van der Waals surface area contributed by atoms with E-state index < -0.39 is 0 Å². The van der Waals surface area contributed by atoms with Crippen molar-refractivity contribution >= 4 is 11.3 Å². The second kappa shape index (κ2) is 5.82. The Balaban J connectivity index is 1.59. The molecule has 3 rings (SSSR count). The van der Waals surface area contributed by atoms with Gasteiger partial charge in [0.1, 0.15) is 0 Å². The van der Waals surface area contributed by atoms with Crippen LogP contribution in [0.3, 0.4) is 0 Å². The molecule has 0 radical (unpaired) electrons. The first-order chi connectivity index (χ1) is 9.33. The number of hydrogen-bond donors (Lipinski definition) is 2. The monoisotopic (exact) mass is 273 g/mol. The first-order valence-corrected chi connectivity index (χ1v) is 7.62. The predicted molar refractivity (Wildman–Crippen MR) is 79.2 cm³/mol. The van der Waals surface area contributed by atoms with E-state index in [0.717, 1.165) is 38.3 Å². The molecule has 0 bridgehead atoms. The summed E-state index contributed by atoms with van der Waals surface area (Å²) in [4.78, 5) is 5.60. The van der Waals surface area contributed by atoms with E-state index in [1.54, 1.807) is 11.3 Å². The summed E-state index contributed by atoms with van der Waals surface area (Å²) in [6, 6.07) is 6.86. The molecule has 0 spiro atoms. The van der Waals surface area contributed by atoms with E-state index in [1.807, 2.05) is 5.51 Å². The molecule has 100 valence electrons. The summed E-state index contributed by atoms with van der Waals surface area (Å²) in [5.41, 5.74) is 7.38. The van der Waals surface area contributed by atoms with Crippen molar-refractivity contribution in [3.05, 3.63) is 51.0 Å². The molecule has 0 unspecified atom stereocenters. The molecule has 3 nitrogen and oxygen atoms in total. The highest BCUT2D eigenvalue weighted by Crippen LogP contribution is 2.16. The molecule has 2 N–H and O–H groups in total. The molecule has 2 heterocycles. The molecule has 0 saturated heterocycles. The van der Waals surface area contributed by atoms with E-state index in [0.29, 0.717) is 0 Å². The number of benzene rings is 1. The highest BCUT2D eigenvalue weighted by molar-refractivity contribution is 7.09. The molecule has 1 aromatic heterocycles. The summed E-state index contributed by atoms with van der Waals surface area (Å²) >= 11 is 1.72. The minimum absolute atomic E-state index is 0.909. The van der Waals surface area contributed by atoms with Crippen molar-refractivity contribution in [1.82, 2.24) is 15.6 Å².